The highest BCUT2D eigenvalue weighted by molar-refractivity contribution is 8.00. The fraction of sp³-hybridized carbons (Fsp3) is 0.600. The Morgan fingerprint density at radius 3 is 2.95 bits per heavy atom. The zero-order valence-corrected chi connectivity index (χ0v) is 12.4. The third kappa shape index (κ3) is 4.49. The van der Waals surface area contributed by atoms with Gasteiger partial charge in [0.2, 0.25) is 0 Å². The molecular formula is C15H23NO2S. The van der Waals surface area contributed by atoms with Crippen molar-refractivity contribution in [2.24, 2.45) is 0 Å². The van der Waals surface area contributed by atoms with Gasteiger partial charge in [-0.15, -0.1) is 11.8 Å². The van der Waals surface area contributed by atoms with Gasteiger partial charge in [0.1, 0.15) is 0 Å². The van der Waals surface area contributed by atoms with Crippen LogP contribution in [0, 0.1) is 0 Å². The van der Waals surface area contributed by atoms with Gasteiger partial charge in [0.25, 0.3) is 0 Å². The molecule has 0 bridgehead atoms. The Morgan fingerprint density at radius 1 is 1.37 bits per heavy atom. The van der Waals surface area contributed by atoms with E-state index in [1.165, 1.54) is 16.9 Å². The van der Waals surface area contributed by atoms with Crippen LogP contribution in [-0.2, 0) is 11.2 Å². The van der Waals surface area contributed by atoms with E-state index in [4.69, 9.17) is 9.84 Å². The molecule has 0 aromatic heterocycles. The molecule has 1 aliphatic rings. The topological polar surface area (TPSA) is 32.7 Å². The summed E-state index contributed by atoms with van der Waals surface area (Å²) in [7, 11) is 0. The van der Waals surface area contributed by atoms with E-state index in [9.17, 15) is 0 Å². The van der Waals surface area contributed by atoms with Crippen LogP contribution in [0.25, 0.3) is 0 Å². The lowest BCUT2D eigenvalue weighted by atomic mass is 10.1. The fourth-order valence-corrected chi connectivity index (χ4v) is 3.75. The maximum Gasteiger partial charge on any atom is 0.0698 e. The molecule has 1 N–H and O–H groups in total. The molecule has 3 nitrogen and oxygen atoms in total. The quantitative estimate of drug-likeness (QED) is 0.739. The number of fused-ring (bicyclic) bond motifs is 1. The van der Waals surface area contributed by atoms with Crippen molar-refractivity contribution in [3.05, 3.63) is 29.8 Å². The molecule has 1 unspecified atom stereocenters. The van der Waals surface area contributed by atoms with Crippen LogP contribution < -0.4 is 0 Å². The van der Waals surface area contributed by atoms with Crippen molar-refractivity contribution < 1.29 is 9.84 Å². The summed E-state index contributed by atoms with van der Waals surface area (Å²) in [4.78, 5) is 3.88. The molecule has 2 rings (SSSR count). The summed E-state index contributed by atoms with van der Waals surface area (Å²) >= 11 is 2.00. The van der Waals surface area contributed by atoms with Crippen LogP contribution in [0.3, 0.4) is 0 Å². The molecule has 106 valence electrons. The van der Waals surface area contributed by atoms with Crippen LogP contribution in [0.5, 0.6) is 0 Å². The minimum Gasteiger partial charge on any atom is -0.394 e. The Hall–Kier alpha value is -0.550. The van der Waals surface area contributed by atoms with Gasteiger partial charge in [0.05, 0.1) is 19.8 Å². The van der Waals surface area contributed by atoms with Crippen molar-refractivity contribution in [3.63, 3.8) is 0 Å². The highest BCUT2D eigenvalue weighted by Crippen LogP contribution is 2.36. The monoisotopic (exact) mass is 281 g/mol. The highest BCUT2D eigenvalue weighted by Gasteiger charge is 2.23. The average Bonchev–Trinajstić information content (AvgIpc) is 2.84. The van der Waals surface area contributed by atoms with E-state index in [1.807, 2.05) is 11.8 Å². The van der Waals surface area contributed by atoms with Gasteiger partial charge >= 0.3 is 0 Å². The first-order chi connectivity index (χ1) is 9.33. The minimum absolute atomic E-state index is 0.111. The molecule has 1 atom stereocenters. The lowest BCUT2D eigenvalue weighted by Gasteiger charge is -2.23. The summed E-state index contributed by atoms with van der Waals surface area (Å²) in [5.74, 6) is 0. The van der Waals surface area contributed by atoms with Gasteiger partial charge < -0.3 is 14.7 Å². The molecule has 1 aromatic carbocycles. The zero-order valence-electron chi connectivity index (χ0n) is 11.5. The first-order valence-corrected chi connectivity index (χ1v) is 7.87. The Bertz CT molecular complexity index is 361. The van der Waals surface area contributed by atoms with E-state index in [1.54, 1.807) is 0 Å². The van der Waals surface area contributed by atoms with Crippen molar-refractivity contribution in [1.82, 2.24) is 4.90 Å². The predicted octanol–water partition coefficient (Wildman–Crippen LogP) is 2.03. The number of hydrogen-bond donors (Lipinski definition) is 1. The molecule has 0 saturated heterocycles. The molecule has 0 aliphatic carbocycles. The Balaban J connectivity index is 1.74. The van der Waals surface area contributed by atoms with Gasteiger partial charge in [-0.1, -0.05) is 25.1 Å². The van der Waals surface area contributed by atoms with Crippen LogP contribution in [0.1, 0.15) is 12.5 Å². The number of ether oxygens (including phenoxy) is 1. The van der Waals surface area contributed by atoms with Gasteiger partial charge in [-0.05, 0) is 24.6 Å². The van der Waals surface area contributed by atoms with E-state index in [0.29, 0.717) is 18.5 Å². The van der Waals surface area contributed by atoms with Crippen LogP contribution in [0.15, 0.2) is 29.2 Å². The molecule has 1 aromatic rings. The molecule has 1 heterocycles. The number of benzene rings is 1. The summed E-state index contributed by atoms with van der Waals surface area (Å²) in [6.07, 6.45) is 1.18. The summed E-state index contributed by atoms with van der Waals surface area (Å²) in [6.45, 7) is 6.57. The van der Waals surface area contributed by atoms with Gasteiger partial charge in [-0.25, -0.2) is 0 Å². The predicted molar refractivity (Wildman–Crippen MR) is 79.8 cm³/mol. The molecule has 0 amide bonds. The first kappa shape index (κ1) is 14.9. The summed E-state index contributed by atoms with van der Waals surface area (Å²) < 4.78 is 5.34. The molecule has 0 spiro atoms. The number of thioether (sulfide) groups is 1. The summed E-state index contributed by atoms with van der Waals surface area (Å²) in [5, 5.41) is 9.34. The van der Waals surface area contributed by atoms with E-state index >= 15 is 0 Å². The van der Waals surface area contributed by atoms with Crippen LogP contribution in [0.4, 0.5) is 0 Å². The average molecular weight is 281 g/mol. The van der Waals surface area contributed by atoms with Gasteiger partial charge in [0.15, 0.2) is 0 Å². The number of hydrogen-bond acceptors (Lipinski definition) is 4. The van der Waals surface area contributed by atoms with E-state index in [2.05, 4.69) is 36.1 Å². The normalized spacial score (nSPS) is 17.9. The maximum atomic E-state index is 8.68. The Morgan fingerprint density at radius 2 is 2.21 bits per heavy atom. The Kier molecular flexibility index (Phi) is 6.17. The van der Waals surface area contributed by atoms with Crippen molar-refractivity contribution in [2.75, 3.05) is 39.5 Å². The number of aliphatic hydroxyl groups excluding tert-OH is 1. The molecule has 19 heavy (non-hydrogen) atoms. The second kappa shape index (κ2) is 7.90. The van der Waals surface area contributed by atoms with Gasteiger partial charge in [-0.3, -0.25) is 0 Å². The smallest absolute Gasteiger partial charge is 0.0698 e. The molecule has 0 fully saturated rings. The summed E-state index contributed by atoms with van der Waals surface area (Å²) in [6, 6.07) is 8.71. The van der Waals surface area contributed by atoms with Crippen molar-refractivity contribution in [2.45, 2.75) is 23.5 Å². The molecule has 0 radical (unpaired) electrons. The molecule has 0 saturated carbocycles. The number of rotatable bonds is 8. The first-order valence-electron chi connectivity index (χ1n) is 6.99. The number of aliphatic hydroxyl groups is 1. The molecule has 4 heteroatoms. The third-order valence-electron chi connectivity index (χ3n) is 3.41. The lowest BCUT2D eigenvalue weighted by Crippen LogP contribution is -2.33. The number of nitrogens with zero attached hydrogens (tertiary/aromatic N) is 1. The van der Waals surface area contributed by atoms with Crippen molar-refractivity contribution in [1.29, 1.82) is 0 Å². The minimum atomic E-state index is 0.111. The van der Waals surface area contributed by atoms with E-state index in [0.717, 1.165) is 19.6 Å². The van der Waals surface area contributed by atoms with Crippen molar-refractivity contribution >= 4 is 11.8 Å². The summed E-state index contributed by atoms with van der Waals surface area (Å²) in [5.41, 5.74) is 1.49. The van der Waals surface area contributed by atoms with Crippen LogP contribution >= 0.6 is 11.8 Å². The SMILES string of the molecule is CCN(CCOCCO)CC1Cc2ccccc2S1. The largest absolute Gasteiger partial charge is 0.394 e. The Labute approximate surface area is 120 Å². The van der Waals surface area contributed by atoms with Crippen molar-refractivity contribution in [3.8, 4) is 0 Å². The molecule has 1 aliphatic heterocycles. The van der Waals surface area contributed by atoms with Gasteiger partial charge in [-0.2, -0.15) is 0 Å². The fourth-order valence-electron chi connectivity index (χ4n) is 2.38. The maximum absolute atomic E-state index is 8.68. The van der Waals surface area contributed by atoms with Crippen LogP contribution in [-0.4, -0.2) is 54.7 Å². The number of likely N-dealkylation sites (N-methyl/N-ethyl adjacent to an activating group) is 1. The molecular weight excluding hydrogens is 258 g/mol. The standard InChI is InChI=1S/C15H23NO2S/c1-2-16(7-9-18-10-8-17)12-14-11-13-5-3-4-6-15(13)19-14/h3-6,14,17H,2,7-12H2,1H3. The lowest BCUT2D eigenvalue weighted by molar-refractivity contribution is 0.0748. The van der Waals surface area contributed by atoms with E-state index in [-0.39, 0.29) is 6.61 Å². The second-order valence-electron chi connectivity index (χ2n) is 4.78. The zero-order chi connectivity index (χ0) is 13.5. The van der Waals surface area contributed by atoms with E-state index < -0.39 is 0 Å². The highest BCUT2D eigenvalue weighted by atomic mass is 32.2. The van der Waals surface area contributed by atoms with Crippen LogP contribution in [0.2, 0.25) is 0 Å². The van der Waals surface area contributed by atoms with Gasteiger partial charge in [0, 0.05) is 23.2 Å². The second-order valence-corrected chi connectivity index (χ2v) is 6.12. The third-order valence-corrected chi connectivity index (χ3v) is 4.71.